The highest BCUT2D eigenvalue weighted by molar-refractivity contribution is 7.09. The molecule has 2 aliphatic rings. The zero-order chi connectivity index (χ0) is 16.5. The Bertz CT molecular complexity index is 721. The molecule has 0 radical (unpaired) electrons. The van der Waals surface area contributed by atoms with Gasteiger partial charge < -0.3 is 9.64 Å². The molecule has 0 atom stereocenters. The highest BCUT2D eigenvalue weighted by Crippen LogP contribution is 2.24. The third-order valence-electron chi connectivity index (χ3n) is 4.67. The summed E-state index contributed by atoms with van der Waals surface area (Å²) < 4.78 is 7.21. The molecule has 0 spiro atoms. The van der Waals surface area contributed by atoms with Gasteiger partial charge in [0.1, 0.15) is 5.01 Å². The van der Waals surface area contributed by atoms with E-state index in [0.29, 0.717) is 32.0 Å². The maximum absolute atomic E-state index is 12.8. The fraction of sp³-hybridized carbons (Fsp3) is 0.562. The smallest absolute Gasteiger partial charge is 0.274 e. The largest absolute Gasteiger partial charge is 0.378 e. The molecule has 2 aliphatic heterocycles. The van der Waals surface area contributed by atoms with Gasteiger partial charge in [-0.05, 0) is 6.42 Å². The Morgan fingerprint density at radius 3 is 2.92 bits per heavy atom. The Morgan fingerprint density at radius 2 is 2.17 bits per heavy atom. The van der Waals surface area contributed by atoms with E-state index in [1.54, 1.807) is 11.3 Å². The second-order valence-electron chi connectivity index (χ2n) is 6.19. The maximum atomic E-state index is 12.8. The molecule has 2 aromatic rings. The third kappa shape index (κ3) is 2.97. The average molecular weight is 347 g/mol. The number of nitrogens with zero attached hydrogens (tertiary/aromatic N) is 5. The fourth-order valence-electron chi connectivity index (χ4n) is 3.37. The Kier molecular flexibility index (Phi) is 4.34. The predicted octanol–water partition coefficient (Wildman–Crippen LogP) is 0.907. The molecule has 0 aliphatic carbocycles. The molecular formula is C16H21N5O2S. The number of morpholine rings is 1. The Labute approximate surface area is 144 Å². The average Bonchev–Trinajstić information content (AvgIpc) is 3.23. The summed E-state index contributed by atoms with van der Waals surface area (Å²) >= 11 is 1.68. The van der Waals surface area contributed by atoms with E-state index < -0.39 is 0 Å². The van der Waals surface area contributed by atoms with Crippen LogP contribution in [0.2, 0.25) is 0 Å². The van der Waals surface area contributed by atoms with E-state index in [0.717, 1.165) is 42.3 Å². The Hall–Kier alpha value is -1.77. The third-order valence-corrected chi connectivity index (χ3v) is 5.43. The SMILES string of the molecule is Cn1nc(C(=O)N2CCOCC2)c2c1CN(Cc1nccs1)CC2. The molecule has 4 rings (SSSR count). The van der Waals surface area contributed by atoms with Crippen LogP contribution in [0.4, 0.5) is 0 Å². The van der Waals surface area contributed by atoms with Crippen LogP contribution in [0.15, 0.2) is 11.6 Å². The molecular weight excluding hydrogens is 326 g/mol. The molecule has 0 aromatic carbocycles. The van der Waals surface area contributed by atoms with Crippen LogP contribution >= 0.6 is 11.3 Å². The van der Waals surface area contributed by atoms with E-state index in [2.05, 4.69) is 15.0 Å². The lowest BCUT2D eigenvalue weighted by atomic mass is 10.0. The summed E-state index contributed by atoms with van der Waals surface area (Å²) in [5.41, 5.74) is 2.89. The van der Waals surface area contributed by atoms with Gasteiger partial charge in [-0.2, -0.15) is 5.10 Å². The first-order valence-electron chi connectivity index (χ1n) is 8.25. The standard InChI is InChI=1S/C16H21N5O2S/c1-19-13-10-20(11-14-17-3-9-24-14)4-2-12(13)15(18-19)16(22)21-5-7-23-8-6-21/h3,9H,2,4-8,10-11H2,1H3. The van der Waals surface area contributed by atoms with Gasteiger partial charge in [-0.3, -0.25) is 14.4 Å². The molecule has 0 unspecified atom stereocenters. The second-order valence-corrected chi connectivity index (χ2v) is 7.17. The van der Waals surface area contributed by atoms with E-state index in [1.807, 2.05) is 28.2 Å². The second kappa shape index (κ2) is 6.62. The van der Waals surface area contributed by atoms with E-state index in [1.165, 1.54) is 0 Å². The number of hydrogen-bond donors (Lipinski definition) is 0. The highest BCUT2D eigenvalue weighted by Gasteiger charge is 2.30. The van der Waals surface area contributed by atoms with Gasteiger partial charge in [0.05, 0.1) is 25.5 Å². The normalized spacial score (nSPS) is 18.6. The Balaban J connectivity index is 1.52. The number of thiazole rings is 1. The molecule has 7 nitrogen and oxygen atoms in total. The van der Waals surface area contributed by atoms with E-state index in [-0.39, 0.29) is 5.91 Å². The van der Waals surface area contributed by atoms with Crippen molar-refractivity contribution in [1.29, 1.82) is 0 Å². The number of amides is 1. The lowest BCUT2D eigenvalue weighted by Crippen LogP contribution is -2.41. The van der Waals surface area contributed by atoms with Crippen molar-refractivity contribution in [3.05, 3.63) is 33.5 Å². The highest BCUT2D eigenvalue weighted by atomic mass is 32.1. The van der Waals surface area contributed by atoms with Gasteiger partial charge in [0.25, 0.3) is 5.91 Å². The van der Waals surface area contributed by atoms with Crippen molar-refractivity contribution in [3.8, 4) is 0 Å². The van der Waals surface area contributed by atoms with Crippen LogP contribution in [0.1, 0.15) is 26.8 Å². The number of aromatic nitrogens is 3. The number of hydrogen-bond acceptors (Lipinski definition) is 6. The molecule has 2 aromatic heterocycles. The van der Waals surface area contributed by atoms with Crippen LogP contribution in [-0.4, -0.2) is 63.3 Å². The fourth-order valence-corrected chi connectivity index (χ4v) is 4.03. The zero-order valence-corrected chi connectivity index (χ0v) is 14.6. The molecule has 0 N–H and O–H groups in total. The molecule has 1 amide bonds. The molecule has 0 saturated carbocycles. The lowest BCUT2D eigenvalue weighted by Gasteiger charge is -2.28. The summed E-state index contributed by atoms with van der Waals surface area (Å²) in [6.07, 6.45) is 2.71. The number of ether oxygens (including phenoxy) is 1. The Morgan fingerprint density at radius 1 is 1.33 bits per heavy atom. The summed E-state index contributed by atoms with van der Waals surface area (Å²) in [7, 11) is 1.93. The van der Waals surface area contributed by atoms with Gasteiger partial charge >= 0.3 is 0 Å². The molecule has 1 saturated heterocycles. The van der Waals surface area contributed by atoms with Gasteiger partial charge in [0.2, 0.25) is 0 Å². The van der Waals surface area contributed by atoms with Crippen LogP contribution < -0.4 is 0 Å². The minimum absolute atomic E-state index is 0.0449. The van der Waals surface area contributed by atoms with Crippen molar-refractivity contribution >= 4 is 17.2 Å². The van der Waals surface area contributed by atoms with Gasteiger partial charge in [-0.25, -0.2) is 4.98 Å². The predicted molar refractivity (Wildman–Crippen MR) is 89.9 cm³/mol. The first-order valence-corrected chi connectivity index (χ1v) is 9.13. The van der Waals surface area contributed by atoms with Crippen molar-refractivity contribution in [2.24, 2.45) is 7.05 Å². The summed E-state index contributed by atoms with van der Waals surface area (Å²) in [6, 6.07) is 0. The van der Waals surface area contributed by atoms with Crippen molar-refractivity contribution < 1.29 is 9.53 Å². The molecule has 24 heavy (non-hydrogen) atoms. The van der Waals surface area contributed by atoms with Gasteiger partial charge in [-0.1, -0.05) is 0 Å². The van der Waals surface area contributed by atoms with Crippen LogP contribution in [0.5, 0.6) is 0 Å². The minimum atomic E-state index is 0.0449. The van der Waals surface area contributed by atoms with Gasteiger partial charge in [0.15, 0.2) is 5.69 Å². The molecule has 4 heterocycles. The number of carbonyl (C=O) groups is 1. The quantitative estimate of drug-likeness (QED) is 0.826. The summed E-state index contributed by atoms with van der Waals surface area (Å²) in [4.78, 5) is 21.4. The summed E-state index contributed by atoms with van der Waals surface area (Å²) in [5, 5.41) is 7.68. The van der Waals surface area contributed by atoms with Gasteiger partial charge in [0, 0.05) is 50.4 Å². The van der Waals surface area contributed by atoms with Gasteiger partial charge in [-0.15, -0.1) is 11.3 Å². The van der Waals surface area contributed by atoms with E-state index >= 15 is 0 Å². The van der Waals surface area contributed by atoms with E-state index in [4.69, 9.17) is 4.74 Å². The van der Waals surface area contributed by atoms with Crippen molar-refractivity contribution in [2.75, 3.05) is 32.8 Å². The summed E-state index contributed by atoms with van der Waals surface area (Å²) in [6.45, 7) is 5.14. The van der Waals surface area contributed by atoms with Crippen molar-refractivity contribution in [3.63, 3.8) is 0 Å². The summed E-state index contributed by atoms with van der Waals surface area (Å²) in [5.74, 6) is 0.0449. The number of aryl methyl sites for hydroxylation is 1. The lowest BCUT2D eigenvalue weighted by molar-refractivity contribution is 0.0297. The van der Waals surface area contributed by atoms with E-state index in [9.17, 15) is 4.79 Å². The van der Waals surface area contributed by atoms with Crippen LogP contribution in [-0.2, 0) is 31.3 Å². The molecule has 128 valence electrons. The first-order chi connectivity index (χ1) is 11.7. The maximum Gasteiger partial charge on any atom is 0.274 e. The molecule has 1 fully saturated rings. The molecule has 0 bridgehead atoms. The monoisotopic (exact) mass is 347 g/mol. The van der Waals surface area contributed by atoms with Crippen LogP contribution in [0.3, 0.4) is 0 Å². The zero-order valence-electron chi connectivity index (χ0n) is 13.8. The van der Waals surface area contributed by atoms with Crippen molar-refractivity contribution in [1.82, 2.24) is 24.6 Å². The number of rotatable bonds is 3. The van der Waals surface area contributed by atoms with Crippen molar-refractivity contribution in [2.45, 2.75) is 19.5 Å². The van der Waals surface area contributed by atoms with Crippen LogP contribution in [0.25, 0.3) is 0 Å². The number of carbonyl (C=O) groups excluding carboxylic acids is 1. The molecule has 8 heteroatoms. The topological polar surface area (TPSA) is 63.5 Å². The van der Waals surface area contributed by atoms with Crippen LogP contribution in [0, 0.1) is 0 Å². The number of fused-ring (bicyclic) bond motifs is 1. The first kappa shape index (κ1) is 15.7. The minimum Gasteiger partial charge on any atom is -0.378 e.